The number of carboxylic acid groups (broad SMARTS) is 2. The van der Waals surface area contributed by atoms with Crippen molar-refractivity contribution in [3.05, 3.63) is 58.7 Å². The van der Waals surface area contributed by atoms with Crippen LogP contribution in [0.5, 0.6) is 11.5 Å². The van der Waals surface area contributed by atoms with Crippen LogP contribution in [0.3, 0.4) is 0 Å². The Hall–Kier alpha value is -1.76. The van der Waals surface area contributed by atoms with Crippen molar-refractivity contribution in [2.24, 2.45) is 0 Å². The minimum absolute atomic E-state index is 0. The van der Waals surface area contributed by atoms with Crippen molar-refractivity contribution in [1.29, 1.82) is 0 Å². The number of hydrogen-bond acceptors (Lipinski definition) is 5. The van der Waals surface area contributed by atoms with Crippen molar-refractivity contribution in [1.82, 2.24) is 0 Å². The number of unbranched alkanes of at least 4 members (excludes halogenated alkanes) is 12. The summed E-state index contributed by atoms with van der Waals surface area (Å²) in [6.07, 6.45) is 18.2. The molecule has 2 N–H and O–H groups in total. The van der Waals surface area contributed by atoms with Crippen LogP contribution in [-0.4, -0.2) is 59.9 Å². The average molecular weight is 567 g/mol. The molecule has 0 aromatic heterocycles. The van der Waals surface area contributed by atoms with Crippen LogP contribution in [0.25, 0.3) is 0 Å². The van der Waals surface area contributed by atoms with E-state index < -0.39 is 11.9 Å². The molecular formula is C32H46CaO6. The van der Waals surface area contributed by atoms with Gasteiger partial charge in [-0.25, -0.2) is 4.79 Å². The number of rotatable bonds is 18. The average Bonchev–Trinajstić information content (AvgIpc) is 2.89. The van der Waals surface area contributed by atoms with E-state index in [0.29, 0.717) is 12.0 Å². The molecule has 0 heterocycles. The molecule has 2 aromatic rings. The number of carbonyl (C=O) groups is 2. The summed E-state index contributed by atoms with van der Waals surface area (Å²) in [6.45, 7) is 4.40. The van der Waals surface area contributed by atoms with Crippen molar-refractivity contribution >= 4 is 49.7 Å². The SMILES string of the molecule is CCCCCCCCCc1cc(C(=O)O)ccc1O.CCCCCCCCCc1cc(C(=O)[O-])ccc1[O-].[Ca+2]. The van der Waals surface area contributed by atoms with Gasteiger partial charge >= 0.3 is 43.7 Å². The third kappa shape index (κ3) is 16.8. The summed E-state index contributed by atoms with van der Waals surface area (Å²) in [5.41, 5.74) is 1.68. The van der Waals surface area contributed by atoms with Crippen LogP contribution < -0.4 is 10.2 Å². The molecule has 2 aromatic carbocycles. The van der Waals surface area contributed by atoms with E-state index in [2.05, 4.69) is 13.8 Å². The first kappa shape index (κ1) is 37.2. The van der Waals surface area contributed by atoms with E-state index in [1.807, 2.05) is 0 Å². The monoisotopic (exact) mass is 566 g/mol. The molecule has 0 spiro atoms. The Bertz CT molecular complexity index is 882. The predicted molar refractivity (Wildman–Crippen MR) is 154 cm³/mol. The van der Waals surface area contributed by atoms with Gasteiger partial charge in [0.25, 0.3) is 0 Å². The van der Waals surface area contributed by atoms with E-state index in [0.717, 1.165) is 37.7 Å². The van der Waals surface area contributed by atoms with Crippen LogP contribution in [0.4, 0.5) is 0 Å². The molecule has 0 aliphatic rings. The van der Waals surface area contributed by atoms with Gasteiger partial charge in [-0.3, -0.25) is 0 Å². The number of phenols is 1. The first-order valence-electron chi connectivity index (χ1n) is 14.4. The van der Waals surface area contributed by atoms with Gasteiger partial charge in [0, 0.05) is 0 Å². The van der Waals surface area contributed by atoms with Crippen LogP contribution in [0.15, 0.2) is 36.4 Å². The summed E-state index contributed by atoms with van der Waals surface area (Å²) >= 11 is 0. The van der Waals surface area contributed by atoms with E-state index >= 15 is 0 Å². The Morgan fingerprint density at radius 2 is 1.10 bits per heavy atom. The van der Waals surface area contributed by atoms with Gasteiger partial charge in [-0.1, -0.05) is 115 Å². The zero-order valence-corrected chi connectivity index (χ0v) is 26.2. The van der Waals surface area contributed by atoms with Crippen molar-refractivity contribution in [2.45, 2.75) is 117 Å². The molecule has 0 saturated carbocycles. The van der Waals surface area contributed by atoms with E-state index in [-0.39, 0.29) is 60.4 Å². The molecule has 0 unspecified atom stereocenters. The van der Waals surface area contributed by atoms with Crippen molar-refractivity contribution in [3.63, 3.8) is 0 Å². The first-order chi connectivity index (χ1) is 18.3. The maximum absolute atomic E-state index is 11.6. The number of aromatic carboxylic acids is 2. The molecule has 0 bridgehead atoms. The number of aryl methyl sites for hydroxylation is 2. The Morgan fingerprint density at radius 3 is 1.59 bits per heavy atom. The van der Waals surface area contributed by atoms with Crippen molar-refractivity contribution in [2.75, 3.05) is 0 Å². The molecular weight excluding hydrogens is 520 g/mol. The molecule has 0 aliphatic heterocycles. The Balaban J connectivity index is 0.000000722. The number of aromatic hydroxyl groups is 1. The van der Waals surface area contributed by atoms with Crippen molar-refractivity contribution < 1.29 is 30.0 Å². The van der Waals surface area contributed by atoms with Gasteiger partial charge in [-0.15, -0.1) is 5.75 Å². The third-order valence-corrected chi connectivity index (χ3v) is 6.72. The molecule has 2 rings (SSSR count). The van der Waals surface area contributed by atoms with Crippen LogP contribution in [-0.2, 0) is 12.8 Å². The Morgan fingerprint density at radius 1 is 0.667 bits per heavy atom. The second kappa shape index (κ2) is 23.0. The smallest absolute Gasteiger partial charge is 0.872 e. The fourth-order valence-corrected chi connectivity index (χ4v) is 4.37. The van der Waals surface area contributed by atoms with Gasteiger partial charge < -0.3 is 25.2 Å². The standard InChI is InChI=1S/2C16H24O3.Ca/c2*1-2-3-4-5-6-7-8-9-13-12-14(16(18)19)10-11-15(13)17;/h2*10-12,17H,2-9H2,1H3,(H,18,19);/q;;+2/p-2. The molecule has 0 atom stereocenters. The largest absolute Gasteiger partial charge is 2.00 e. The summed E-state index contributed by atoms with van der Waals surface area (Å²) in [6, 6.07) is 8.57. The second-order valence-corrected chi connectivity index (χ2v) is 10.0. The number of carboxylic acids is 2. The molecule has 6 nitrogen and oxygen atoms in total. The minimum Gasteiger partial charge on any atom is -0.872 e. The molecule has 0 saturated heterocycles. The predicted octanol–water partition coefficient (Wildman–Crippen LogP) is 6.42. The summed E-state index contributed by atoms with van der Waals surface area (Å²) < 4.78 is 0. The second-order valence-electron chi connectivity index (χ2n) is 10.0. The summed E-state index contributed by atoms with van der Waals surface area (Å²) in [7, 11) is 0. The van der Waals surface area contributed by atoms with Gasteiger partial charge in [0.2, 0.25) is 0 Å². The molecule has 39 heavy (non-hydrogen) atoms. The number of phenolic OH excluding ortho intramolecular Hbond substituents is 1. The fourth-order valence-electron chi connectivity index (χ4n) is 4.37. The maximum atomic E-state index is 11.6. The number of carbonyl (C=O) groups excluding carboxylic acids is 1. The number of benzene rings is 2. The fraction of sp³-hybridized carbons (Fsp3) is 0.562. The Labute approximate surface area is 264 Å². The minimum atomic E-state index is -1.22. The normalized spacial score (nSPS) is 10.3. The summed E-state index contributed by atoms with van der Waals surface area (Å²) in [5.74, 6) is -2.03. The molecule has 0 fully saturated rings. The number of hydrogen-bond donors (Lipinski definition) is 2. The van der Waals surface area contributed by atoms with Gasteiger partial charge in [-0.05, 0) is 55.0 Å². The topological polar surface area (TPSA) is 121 Å². The quantitative estimate of drug-likeness (QED) is 0.159. The summed E-state index contributed by atoms with van der Waals surface area (Å²) in [4.78, 5) is 21.6. The molecule has 0 radical (unpaired) electrons. The van der Waals surface area contributed by atoms with E-state index in [1.165, 1.54) is 94.5 Å². The molecule has 212 valence electrons. The van der Waals surface area contributed by atoms with Crippen LogP contribution in [0.1, 0.15) is 136 Å². The molecule has 0 aliphatic carbocycles. The van der Waals surface area contributed by atoms with Crippen LogP contribution >= 0.6 is 0 Å². The zero-order chi connectivity index (χ0) is 28.2. The third-order valence-electron chi connectivity index (χ3n) is 6.72. The van der Waals surface area contributed by atoms with Gasteiger partial charge in [-0.2, -0.15) is 0 Å². The Kier molecular flexibility index (Phi) is 22.0. The molecule has 0 amide bonds. The van der Waals surface area contributed by atoms with E-state index in [9.17, 15) is 24.9 Å². The van der Waals surface area contributed by atoms with Crippen LogP contribution in [0.2, 0.25) is 0 Å². The summed E-state index contributed by atoms with van der Waals surface area (Å²) in [5, 5.41) is 40.9. The molecule has 7 heteroatoms. The van der Waals surface area contributed by atoms with Gasteiger partial charge in [0.05, 0.1) is 11.5 Å². The first-order valence-corrected chi connectivity index (χ1v) is 14.4. The van der Waals surface area contributed by atoms with E-state index in [1.54, 1.807) is 6.07 Å². The van der Waals surface area contributed by atoms with Crippen molar-refractivity contribution in [3.8, 4) is 11.5 Å². The van der Waals surface area contributed by atoms with Gasteiger partial charge in [0.15, 0.2) is 0 Å². The van der Waals surface area contributed by atoms with E-state index in [4.69, 9.17) is 5.11 Å². The zero-order valence-electron chi connectivity index (χ0n) is 24.0. The van der Waals surface area contributed by atoms with Crippen LogP contribution in [0, 0.1) is 0 Å². The van der Waals surface area contributed by atoms with Gasteiger partial charge in [0.1, 0.15) is 5.75 Å². The maximum Gasteiger partial charge on any atom is 2.00 e.